The summed E-state index contributed by atoms with van der Waals surface area (Å²) in [6, 6.07) is 33.7. The van der Waals surface area contributed by atoms with E-state index in [9.17, 15) is 0 Å². The summed E-state index contributed by atoms with van der Waals surface area (Å²) in [6.07, 6.45) is 13.5. The van der Waals surface area contributed by atoms with Gasteiger partial charge in [0, 0.05) is 22.1 Å². The highest BCUT2D eigenvalue weighted by molar-refractivity contribution is 7.00. The Morgan fingerprint density at radius 3 is 1.65 bits per heavy atom. The van der Waals surface area contributed by atoms with Gasteiger partial charge in [-0.3, -0.25) is 0 Å². The maximum Gasteiger partial charge on any atom is 0.119 e. The van der Waals surface area contributed by atoms with E-state index in [4.69, 9.17) is 17.9 Å². The van der Waals surface area contributed by atoms with Crippen LogP contribution in [0, 0.1) is 0 Å². The van der Waals surface area contributed by atoms with Gasteiger partial charge in [0.1, 0.15) is 27.8 Å². The van der Waals surface area contributed by atoms with Crippen LogP contribution in [0.2, 0.25) is 0 Å². The van der Waals surface area contributed by atoms with Gasteiger partial charge < -0.3 is 4.74 Å². The minimum Gasteiger partial charge on any atom is -0.491 e. The maximum atomic E-state index is 6.07. The topological polar surface area (TPSA) is 60.8 Å². The van der Waals surface area contributed by atoms with Crippen LogP contribution in [0.4, 0.5) is 0 Å². The molecule has 276 valence electrons. The molecule has 1 aliphatic carbocycles. The van der Waals surface area contributed by atoms with Gasteiger partial charge in [-0.15, -0.1) is 0 Å². The Morgan fingerprint density at radius 2 is 1.06 bits per heavy atom. The van der Waals surface area contributed by atoms with Crippen LogP contribution < -0.4 is 4.74 Å². The van der Waals surface area contributed by atoms with Crippen molar-refractivity contribution >= 4 is 45.5 Å². The average Bonchev–Trinajstić information content (AvgIpc) is 3.96. The summed E-state index contributed by atoms with van der Waals surface area (Å²) >= 11 is 2.60. The first kappa shape index (κ1) is 36.5. The molecule has 1 unspecified atom stereocenters. The van der Waals surface area contributed by atoms with E-state index < -0.39 is 0 Å². The van der Waals surface area contributed by atoms with E-state index in [0.29, 0.717) is 0 Å². The summed E-state index contributed by atoms with van der Waals surface area (Å²) in [4.78, 5) is 0. The third-order valence-electron chi connectivity index (χ3n) is 11.7. The van der Waals surface area contributed by atoms with Gasteiger partial charge in [0.2, 0.25) is 0 Å². The van der Waals surface area contributed by atoms with Crippen molar-refractivity contribution in [3.8, 4) is 50.3 Å². The SMILES string of the molecule is CCCCCCC1(CCCCCC)c2cc(-c3cccc4nsnc34)ccc2-c2ccc(-c3ccc(-c4ccc(OC(C)CC)cc4)c4nsnc34)cc21. The highest BCUT2D eigenvalue weighted by Gasteiger charge is 2.42. The molecule has 7 aromatic rings. The van der Waals surface area contributed by atoms with Crippen LogP contribution in [-0.4, -0.2) is 23.6 Å². The Morgan fingerprint density at radius 1 is 0.537 bits per heavy atom. The lowest BCUT2D eigenvalue weighted by atomic mass is 9.70. The Kier molecular flexibility index (Phi) is 10.9. The number of ether oxygens (including phenoxy) is 1. The van der Waals surface area contributed by atoms with Gasteiger partial charge in [-0.1, -0.05) is 133 Å². The molecule has 0 spiro atoms. The third-order valence-corrected chi connectivity index (χ3v) is 12.7. The summed E-state index contributed by atoms with van der Waals surface area (Å²) in [7, 11) is 0. The average molecular weight is 751 g/mol. The first-order chi connectivity index (χ1) is 26.5. The van der Waals surface area contributed by atoms with Crippen molar-refractivity contribution in [2.45, 2.75) is 110 Å². The Bertz CT molecular complexity index is 2360. The molecule has 5 nitrogen and oxygen atoms in total. The van der Waals surface area contributed by atoms with Crippen molar-refractivity contribution in [3.05, 3.63) is 102 Å². The Labute approximate surface area is 328 Å². The summed E-state index contributed by atoms with van der Waals surface area (Å²) in [5.41, 5.74) is 16.5. The molecule has 54 heavy (non-hydrogen) atoms. The van der Waals surface area contributed by atoms with Gasteiger partial charge in [-0.2, -0.15) is 17.5 Å². The number of unbranched alkanes of at least 4 members (excludes halogenated alkanes) is 6. The second kappa shape index (κ2) is 16.1. The molecule has 0 bridgehead atoms. The van der Waals surface area contributed by atoms with Crippen molar-refractivity contribution in [1.29, 1.82) is 0 Å². The van der Waals surface area contributed by atoms with Crippen molar-refractivity contribution in [2.75, 3.05) is 0 Å². The molecule has 1 aliphatic rings. The number of rotatable bonds is 16. The summed E-state index contributed by atoms with van der Waals surface area (Å²) < 4.78 is 25.1. The fraction of sp³-hybridized carbons (Fsp3) is 0.362. The zero-order valence-corrected chi connectivity index (χ0v) is 33.7. The van der Waals surface area contributed by atoms with Crippen molar-refractivity contribution in [3.63, 3.8) is 0 Å². The van der Waals surface area contributed by atoms with E-state index in [1.807, 2.05) is 0 Å². The van der Waals surface area contributed by atoms with Crippen LogP contribution in [0.15, 0.2) is 91.0 Å². The van der Waals surface area contributed by atoms with Crippen LogP contribution >= 0.6 is 23.5 Å². The van der Waals surface area contributed by atoms with Gasteiger partial charge >= 0.3 is 0 Å². The molecule has 2 heterocycles. The second-order valence-corrected chi connectivity index (χ2v) is 16.2. The maximum absolute atomic E-state index is 6.07. The predicted octanol–water partition coefficient (Wildman–Crippen LogP) is 14.1. The number of nitrogens with zero attached hydrogens (tertiary/aromatic N) is 4. The lowest BCUT2D eigenvalue weighted by Crippen LogP contribution is -2.25. The number of benzene rings is 5. The molecule has 0 saturated carbocycles. The molecule has 7 heteroatoms. The highest BCUT2D eigenvalue weighted by atomic mass is 32.1. The molecule has 0 fully saturated rings. The van der Waals surface area contributed by atoms with Gasteiger partial charge in [0.25, 0.3) is 0 Å². The van der Waals surface area contributed by atoms with Crippen LogP contribution in [0.1, 0.15) is 109 Å². The van der Waals surface area contributed by atoms with E-state index in [1.165, 1.54) is 114 Å². The van der Waals surface area contributed by atoms with Crippen LogP contribution in [0.3, 0.4) is 0 Å². The summed E-state index contributed by atoms with van der Waals surface area (Å²) in [5.74, 6) is 0.897. The van der Waals surface area contributed by atoms with Crippen LogP contribution in [0.25, 0.3) is 66.6 Å². The number of hydrogen-bond acceptors (Lipinski definition) is 7. The number of aromatic nitrogens is 4. The van der Waals surface area contributed by atoms with Crippen LogP contribution in [0.5, 0.6) is 5.75 Å². The van der Waals surface area contributed by atoms with Crippen LogP contribution in [-0.2, 0) is 5.41 Å². The molecule has 8 rings (SSSR count). The smallest absolute Gasteiger partial charge is 0.119 e. The molecule has 0 saturated heterocycles. The van der Waals surface area contributed by atoms with Crippen molar-refractivity contribution < 1.29 is 4.74 Å². The largest absolute Gasteiger partial charge is 0.491 e. The third kappa shape index (κ3) is 6.86. The molecule has 0 aliphatic heterocycles. The Hall–Kier alpha value is -4.46. The highest BCUT2D eigenvalue weighted by Crippen LogP contribution is 2.56. The molecule has 0 amide bonds. The number of hydrogen-bond donors (Lipinski definition) is 0. The molecule has 0 N–H and O–H groups in total. The monoisotopic (exact) mass is 750 g/mol. The minimum absolute atomic E-state index is 0.0646. The Balaban J connectivity index is 1.23. The van der Waals surface area contributed by atoms with E-state index in [2.05, 4.69) is 123 Å². The normalized spacial score (nSPS) is 13.7. The number of fused-ring (bicyclic) bond motifs is 5. The second-order valence-electron chi connectivity index (χ2n) is 15.1. The van der Waals surface area contributed by atoms with Crippen molar-refractivity contribution in [2.24, 2.45) is 0 Å². The van der Waals surface area contributed by atoms with Crippen molar-refractivity contribution in [1.82, 2.24) is 17.5 Å². The zero-order valence-electron chi connectivity index (χ0n) is 32.0. The van der Waals surface area contributed by atoms with Gasteiger partial charge in [0.15, 0.2) is 0 Å². The van der Waals surface area contributed by atoms with Gasteiger partial charge in [-0.05, 0) is 95.5 Å². The molecule has 5 aromatic carbocycles. The lowest BCUT2D eigenvalue weighted by Gasteiger charge is -2.33. The molecule has 1 atom stereocenters. The van der Waals surface area contributed by atoms with Gasteiger partial charge in [-0.25, -0.2) is 0 Å². The fourth-order valence-corrected chi connectivity index (χ4v) is 9.72. The van der Waals surface area contributed by atoms with Gasteiger partial charge in [0.05, 0.1) is 29.6 Å². The lowest BCUT2D eigenvalue weighted by molar-refractivity contribution is 0.217. The standard InChI is InChI=1S/C47H50N4OS2/c1-5-8-10-12-27-47(28-13-11-9-6-2)41-29-33(36-15-14-16-43-44(36)49-53-48-43)19-23-39(41)40-24-20-34(30-42(40)47)38-26-25-37(45-46(38)51-54-50-45)32-17-21-35(22-18-32)52-31(4)7-3/h14-26,29-31H,5-13,27-28H2,1-4H3. The van der Waals surface area contributed by atoms with E-state index in [1.54, 1.807) is 0 Å². The molecule has 2 aromatic heterocycles. The molecular formula is C47H50N4OS2. The van der Waals surface area contributed by atoms with E-state index >= 15 is 0 Å². The first-order valence-electron chi connectivity index (χ1n) is 20.1. The first-order valence-corrected chi connectivity index (χ1v) is 21.5. The quantitative estimate of drug-likeness (QED) is 0.0920. The van der Waals surface area contributed by atoms with E-state index in [-0.39, 0.29) is 11.5 Å². The zero-order chi connectivity index (χ0) is 37.1. The minimum atomic E-state index is -0.0646. The summed E-state index contributed by atoms with van der Waals surface area (Å²) in [5, 5.41) is 0. The summed E-state index contributed by atoms with van der Waals surface area (Å²) in [6.45, 7) is 8.87. The molecular weight excluding hydrogens is 701 g/mol. The predicted molar refractivity (Wildman–Crippen MR) is 229 cm³/mol. The fourth-order valence-electron chi connectivity index (χ4n) is 8.60. The molecule has 0 radical (unpaired) electrons. The van der Waals surface area contributed by atoms with E-state index in [0.717, 1.165) is 63.8 Å².